The first kappa shape index (κ1) is 36.4. The summed E-state index contributed by atoms with van der Waals surface area (Å²) < 4.78 is 7.17. The highest BCUT2D eigenvalue weighted by Crippen LogP contribution is 2.68. The molecule has 1 heterocycles. The third kappa shape index (κ3) is 7.95. The Bertz CT molecular complexity index is 1300. The zero-order valence-corrected chi connectivity index (χ0v) is 30.4. The minimum Gasteiger partial charge on any atom is -0.481 e. The number of aliphatic carboxylic acids is 1. The maximum absolute atomic E-state index is 13.4. The lowest BCUT2D eigenvalue weighted by Crippen LogP contribution is -2.59. The molecule has 0 saturated heterocycles. The highest BCUT2D eigenvalue weighted by Gasteiger charge is 2.64. The van der Waals surface area contributed by atoms with Gasteiger partial charge in [-0.2, -0.15) is 0 Å². The van der Waals surface area contributed by atoms with Gasteiger partial charge in [0.25, 0.3) is 0 Å². The summed E-state index contributed by atoms with van der Waals surface area (Å²) in [7, 11) is 0. The predicted octanol–water partition coefficient (Wildman–Crippen LogP) is 9.17. The quantitative estimate of drug-likeness (QED) is 0.149. The van der Waals surface area contributed by atoms with E-state index < -0.39 is 5.97 Å². The molecule has 9 heteroatoms. The van der Waals surface area contributed by atoms with Crippen molar-refractivity contribution in [3.63, 3.8) is 0 Å². The van der Waals surface area contributed by atoms with E-state index in [-0.39, 0.29) is 59.0 Å². The second-order valence-corrected chi connectivity index (χ2v) is 17.6. The number of ether oxygens (including phenoxy) is 1. The molecule has 4 aliphatic rings. The molecule has 262 valence electrons. The molecule has 1 aromatic heterocycles. The van der Waals surface area contributed by atoms with Crippen molar-refractivity contribution in [2.24, 2.45) is 46.3 Å². The molecule has 1 aromatic rings. The molecule has 4 fully saturated rings. The van der Waals surface area contributed by atoms with E-state index in [9.17, 15) is 19.2 Å². The van der Waals surface area contributed by atoms with Crippen LogP contribution in [-0.2, 0) is 23.9 Å². The number of thiophene rings is 1. The first-order valence-electron chi connectivity index (χ1n) is 18.3. The number of nitrogens with one attached hydrogen (secondary N) is 1. The largest absolute Gasteiger partial charge is 0.481 e. The van der Waals surface area contributed by atoms with Gasteiger partial charge >= 0.3 is 11.9 Å². The Kier molecular flexibility index (Phi) is 11.8. The SMILES string of the molecule is CC[C@@H](NC(=O)C[C@@H](C)[C@H]1CC[C@H]2[C@@H]3[C@H](OC(=O)CCCCCCC(=O)O)C[C@@H]4CC(=O)CC[C@]4(C)[C@H]3CC[C@]12C)c1ccc(Cl)s1. The van der Waals surface area contributed by atoms with Crippen molar-refractivity contribution in [2.75, 3.05) is 0 Å². The number of fused-ring (bicyclic) bond motifs is 5. The van der Waals surface area contributed by atoms with E-state index in [4.69, 9.17) is 21.4 Å². The molecule has 5 rings (SSSR count). The van der Waals surface area contributed by atoms with Crippen LogP contribution in [-0.4, -0.2) is 34.8 Å². The van der Waals surface area contributed by atoms with Crippen LogP contribution in [0.1, 0.15) is 141 Å². The Morgan fingerprint density at radius 1 is 1.04 bits per heavy atom. The molecule has 0 unspecified atom stereocenters. The number of hydrogen-bond donors (Lipinski definition) is 2. The van der Waals surface area contributed by atoms with E-state index in [2.05, 4.69) is 33.0 Å². The summed E-state index contributed by atoms with van der Waals surface area (Å²) >= 11 is 7.71. The van der Waals surface area contributed by atoms with Gasteiger partial charge in [-0.05, 0) is 110 Å². The number of hydrogen-bond acceptors (Lipinski definition) is 6. The van der Waals surface area contributed by atoms with Gasteiger partial charge in [-0.15, -0.1) is 11.3 Å². The highest BCUT2D eigenvalue weighted by atomic mass is 35.5. The van der Waals surface area contributed by atoms with E-state index in [0.717, 1.165) is 67.0 Å². The maximum Gasteiger partial charge on any atom is 0.306 e. The molecule has 7 nitrogen and oxygen atoms in total. The fourth-order valence-electron chi connectivity index (χ4n) is 10.8. The van der Waals surface area contributed by atoms with Gasteiger partial charge in [-0.3, -0.25) is 19.2 Å². The number of carboxylic acids is 1. The van der Waals surface area contributed by atoms with Crippen molar-refractivity contribution < 1.29 is 29.0 Å². The molecular formula is C38H56ClNO6S. The van der Waals surface area contributed by atoms with Crippen LogP contribution in [0, 0.1) is 46.3 Å². The second-order valence-electron chi connectivity index (χ2n) is 15.9. The van der Waals surface area contributed by atoms with Gasteiger partial charge in [0.05, 0.1) is 10.4 Å². The molecule has 0 aliphatic heterocycles. The molecule has 2 N–H and O–H groups in total. The number of amides is 1. The second kappa shape index (κ2) is 15.3. The van der Waals surface area contributed by atoms with Crippen molar-refractivity contribution in [1.82, 2.24) is 5.32 Å². The lowest BCUT2D eigenvalue weighted by molar-refractivity contribution is -0.191. The summed E-state index contributed by atoms with van der Waals surface area (Å²) in [6, 6.07) is 3.88. The van der Waals surface area contributed by atoms with Crippen molar-refractivity contribution in [1.29, 1.82) is 0 Å². The Morgan fingerprint density at radius 2 is 1.77 bits per heavy atom. The van der Waals surface area contributed by atoms with Crippen molar-refractivity contribution in [3.8, 4) is 0 Å². The Hall–Kier alpha value is -1.93. The number of ketones is 1. The average Bonchev–Trinajstić information content (AvgIpc) is 3.61. The molecule has 4 aliphatic carbocycles. The topological polar surface area (TPSA) is 110 Å². The number of unbranched alkanes of at least 4 members (excludes halogenated alkanes) is 3. The minimum absolute atomic E-state index is 0.0203. The standard InChI is InChI=1S/C38H56ClNO6S/c1-5-29(31-14-15-32(39)47-31)40-33(42)20-23(2)26-12-13-27-36-28(17-19-38(26,27)4)37(3)18-16-25(41)21-24(37)22-30(36)46-35(45)11-9-7-6-8-10-34(43)44/h14-15,23-24,26-30,36H,5-13,16-22H2,1-4H3,(H,40,42)(H,43,44)/t23-,24+,26-,27+,28+,29-,30-,36+,37+,38-/m1/s1. The van der Waals surface area contributed by atoms with E-state index in [1.54, 1.807) is 0 Å². The fraction of sp³-hybridized carbons (Fsp3) is 0.789. The van der Waals surface area contributed by atoms with E-state index in [1.807, 2.05) is 12.1 Å². The number of carbonyl (C=O) groups excluding carboxylic acids is 3. The number of carboxylic acid groups (broad SMARTS) is 1. The number of esters is 1. The summed E-state index contributed by atoms with van der Waals surface area (Å²) in [4.78, 5) is 51.2. The number of rotatable bonds is 14. The lowest BCUT2D eigenvalue weighted by atomic mass is 9.43. The van der Waals surface area contributed by atoms with E-state index >= 15 is 0 Å². The van der Waals surface area contributed by atoms with Crippen LogP contribution in [0.15, 0.2) is 12.1 Å². The molecule has 0 radical (unpaired) electrons. The van der Waals surface area contributed by atoms with Crippen LogP contribution >= 0.6 is 22.9 Å². The third-order valence-corrected chi connectivity index (χ3v) is 14.6. The highest BCUT2D eigenvalue weighted by molar-refractivity contribution is 7.16. The molecule has 0 bridgehead atoms. The molecule has 1 amide bonds. The summed E-state index contributed by atoms with van der Waals surface area (Å²) in [6.45, 7) is 9.22. The third-order valence-electron chi connectivity index (χ3n) is 13.2. The average molecular weight is 690 g/mol. The lowest BCUT2D eigenvalue weighted by Gasteiger charge is -2.62. The Balaban J connectivity index is 1.27. The van der Waals surface area contributed by atoms with Gasteiger partial charge in [-0.25, -0.2) is 0 Å². The van der Waals surface area contributed by atoms with Gasteiger partial charge in [-0.1, -0.05) is 52.1 Å². The number of carbonyl (C=O) groups is 4. The molecule has 4 saturated carbocycles. The van der Waals surface area contributed by atoms with Crippen molar-refractivity contribution in [2.45, 2.75) is 143 Å². The number of halogens is 1. The minimum atomic E-state index is -0.777. The summed E-state index contributed by atoms with van der Waals surface area (Å²) in [5.74, 6) is 1.59. The molecule has 0 spiro atoms. The van der Waals surface area contributed by atoms with Crippen LogP contribution in [0.2, 0.25) is 4.34 Å². The van der Waals surface area contributed by atoms with Gasteiger partial charge in [0.1, 0.15) is 11.9 Å². The monoisotopic (exact) mass is 689 g/mol. The van der Waals surface area contributed by atoms with Gasteiger partial charge in [0.2, 0.25) is 5.91 Å². The first-order valence-corrected chi connectivity index (χ1v) is 19.5. The van der Waals surface area contributed by atoms with E-state index in [0.29, 0.717) is 62.1 Å². The molecule has 47 heavy (non-hydrogen) atoms. The maximum atomic E-state index is 13.4. The van der Waals surface area contributed by atoms with Crippen molar-refractivity contribution in [3.05, 3.63) is 21.3 Å². The summed E-state index contributed by atoms with van der Waals surface area (Å²) in [5.41, 5.74) is 0.172. The van der Waals surface area contributed by atoms with Crippen LogP contribution in [0.4, 0.5) is 0 Å². The molecule has 0 aromatic carbocycles. The van der Waals surface area contributed by atoms with Gasteiger partial charge < -0.3 is 15.2 Å². The zero-order chi connectivity index (χ0) is 33.9. The van der Waals surface area contributed by atoms with Crippen LogP contribution in [0.3, 0.4) is 0 Å². The summed E-state index contributed by atoms with van der Waals surface area (Å²) in [6.07, 6.45) is 12.0. The zero-order valence-electron chi connectivity index (χ0n) is 28.9. The number of Topliss-reactive ketones (excluding diaryl/α,β-unsaturated/α-hetero) is 1. The molecular weight excluding hydrogens is 634 g/mol. The van der Waals surface area contributed by atoms with Crippen LogP contribution in [0.25, 0.3) is 0 Å². The Morgan fingerprint density at radius 3 is 2.45 bits per heavy atom. The normalized spacial score (nSPS) is 34.4. The smallest absolute Gasteiger partial charge is 0.306 e. The first-order chi connectivity index (χ1) is 22.4. The van der Waals surface area contributed by atoms with Crippen molar-refractivity contribution >= 4 is 46.6 Å². The van der Waals surface area contributed by atoms with Gasteiger partial charge in [0.15, 0.2) is 0 Å². The van der Waals surface area contributed by atoms with Crippen LogP contribution < -0.4 is 5.32 Å². The van der Waals surface area contributed by atoms with Crippen LogP contribution in [0.5, 0.6) is 0 Å². The fourth-order valence-corrected chi connectivity index (χ4v) is 12.0. The Labute approximate surface area is 290 Å². The van der Waals surface area contributed by atoms with Gasteiger partial charge in [0, 0.05) is 42.9 Å². The molecule has 10 atom stereocenters. The summed E-state index contributed by atoms with van der Waals surface area (Å²) in [5, 5.41) is 12.2. The predicted molar refractivity (Wildman–Crippen MR) is 185 cm³/mol. The van der Waals surface area contributed by atoms with E-state index in [1.165, 1.54) is 11.3 Å².